The van der Waals surface area contributed by atoms with E-state index < -0.39 is 11.6 Å². The van der Waals surface area contributed by atoms with Gasteiger partial charge in [0, 0.05) is 26.2 Å². The fourth-order valence-electron chi connectivity index (χ4n) is 2.38. The van der Waals surface area contributed by atoms with Crippen molar-refractivity contribution in [3.8, 4) is 0 Å². The van der Waals surface area contributed by atoms with Gasteiger partial charge in [-0.2, -0.15) is 0 Å². The maximum absolute atomic E-state index is 11.3. The second-order valence-corrected chi connectivity index (χ2v) is 4.21. The fourth-order valence-corrected chi connectivity index (χ4v) is 2.38. The number of nitrogens with two attached hydrogens (primary N) is 1. The van der Waals surface area contributed by atoms with Gasteiger partial charge in [-0.1, -0.05) is 30.3 Å². The molecule has 5 nitrogen and oxygen atoms in total. The van der Waals surface area contributed by atoms with E-state index in [4.69, 9.17) is 5.73 Å². The summed E-state index contributed by atoms with van der Waals surface area (Å²) in [6.45, 7) is 1.96. The molecule has 5 heteroatoms. The first-order valence-electron chi connectivity index (χ1n) is 5.67. The van der Waals surface area contributed by atoms with Gasteiger partial charge in [0.2, 0.25) is 0 Å². The molecule has 1 aromatic rings. The zero-order chi connectivity index (χ0) is 12.3. The highest BCUT2D eigenvalue weighted by Crippen LogP contribution is 2.28. The molecule has 0 spiro atoms. The summed E-state index contributed by atoms with van der Waals surface area (Å²) in [6, 6.07) is 9.57. The standard InChI is InChI=1S/C12H17N3O2/c13-8-12(10-4-2-1-3-5-10)9-14-6-7-15(12)11(16)17/h1-5,14H,6-9,13H2,(H,16,17). The van der Waals surface area contributed by atoms with Gasteiger partial charge in [0.15, 0.2) is 0 Å². The molecular formula is C12H17N3O2. The van der Waals surface area contributed by atoms with Crippen LogP contribution in [0.15, 0.2) is 30.3 Å². The summed E-state index contributed by atoms with van der Waals surface area (Å²) in [6.07, 6.45) is -0.916. The van der Waals surface area contributed by atoms with Crippen LogP contribution >= 0.6 is 0 Å². The minimum absolute atomic E-state index is 0.274. The molecular weight excluding hydrogens is 218 g/mol. The number of hydrogen-bond donors (Lipinski definition) is 3. The molecule has 0 aliphatic carbocycles. The van der Waals surface area contributed by atoms with Gasteiger partial charge < -0.3 is 16.2 Å². The first-order valence-corrected chi connectivity index (χ1v) is 5.67. The third-order valence-electron chi connectivity index (χ3n) is 3.33. The lowest BCUT2D eigenvalue weighted by Gasteiger charge is -2.45. The molecule has 1 saturated heterocycles. The van der Waals surface area contributed by atoms with Crippen LogP contribution in [0.2, 0.25) is 0 Å². The van der Waals surface area contributed by atoms with Crippen LogP contribution in [0.1, 0.15) is 5.56 Å². The van der Waals surface area contributed by atoms with Gasteiger partial charge in [-0.15, -0.1) is 0 Å². The summed E-state index contributed by atoms with van der Waals surface area (Å²) >= 11 is 0. The second-order valence-electron chi connectivity index (χ2n) is 4.21. The molecule has 4 N–H and O–H groups in total. The van der Waals surface area contributed by atoms with E-state index in [0.29, 0.717) is 19.6 Å². The SMILES string of the molecule is NCC1(c2ccccc2)CNCCN1C(=O)O. The zero-order valence-electron chi connectivity index (χ0n) is 9.60. The van der Waals surface area contributed by atoms with Crippen molar-refractivity contribution in [3.05, 3.63) is 35.9 Å². The third-order valence-corrected chi connectivity index (χ3v) is 3.33. The van der Waals surface area contributed by atoms with E-state index in [0.717, 1.165) is 5.56 Å². The molecule has 0 radical (unpaired) electrons. The molecule has 92 valence electrons. The lowest BCUT2D eigenvalue weighted by atomic mass is 9.86. The van der Waals surface area contributed by atoms with E-state index in [9.17, 15) is 9.90 Å². The topological polar surface area (TPSA) is 78.6 Å². The first-order chi connectivity index (χ1) is 8.20. The predicted octanol–water partition coefficient (Wildman–Crippen LogP) is 0.424. The fraction of sp³-hybridized carbons (Fsp3) is 0.417. The lowest BCUT2D eigenvalue weighted by Crippen LogP contribution is -2.63. The van der Waals surface area contributed by atoms with E-state index in [1.165, 1.54) is 4.90 Å². The van der Waals surface area contributed by atoms with Crippen molar-refractivity contribution in [3.63, 3.8) is 0 Å². The predicted molar refractivity (Wildman–Crippen MR) is 64.8 cm³/mol. The molecule has 0 aromatic heterocycles. The summed E-state index contributed by atoms with van der Waals surface area (Å²) in [7, 11) is 0. The van der Waals surface area contributed by atoms with Crippen LogP contribution in [-0.4, -0.2) is 42.3 Å². The van der Waals surface area contributed by atoms with E-state index in [1.807, 2.05) is 30.3 Å². The number of nitrogens with zero attached hydrogens (tertiary/aromatic N) is 1. The third kappa shape index (κ3) is 1.99. The van der Waals surface area contributed by atoms with Gasteiger partial charge in [0.25, 0.3) is 0 Å². The van der Waals surface area contributed by atoms with Crippen molar-refractivity contribution >= 4 is 6.09 Å². The Morgan fingerprint density at radius 2 is 2.18 bits per heavy atom. The minimum Gasteiger partial charge on any atom is -0.465 e. The first kappa shape index (κ1) is 11.9. The number of rotatable bonds is 2. The molecule has 1 atom stereocenters. The maximum atomic E-state index is 11.3. The van der Waals surface area contributed by atoms with Gasteiger partial charge in [0.05, 0.1) is 5.54 Å². The Morgan fingerprint density at radius 1 is 1.47 bits per heavy atom. The van der Waals surface area contributed by atoms with Crippen molar-refractivity contribution in [2.24, 2.45) is 5.73 Å². The largest absolute Gasteiger partial charge is 0.465 e. The molecule has 0 saturated carbocycles. The monoisotopic (exact) mass is 235 g/mol. The summed E-state index contributed by atoms with van der Waals surface area (Å²) in [5, 5.41) is 12.5. The highest BCUT2D eigenvalue weighted by Gasteiger charge is 2.42. The van der Waals surface area contributed by atoms with Crippen molar-refractivity contribution in [2.75, 3.05) is 26.2 Å². The molecule has 1 heterocycles. The highest BCUT2D eigenvalue weighted by molar-refractivity contribution is 5.67. The van der Waals surface area contributed by atoms with E-state index in [-0.39, 0.29) is 6.54 Å². The Hall–Kier alpha value is -1.59. The highest BCUT2D eigenvalue weighted by atomic mass is 16.4. The smallest absolute Gasteiger partial charge is 0.408 e. The van der Waals surface area contributed by atoms with Gasteiger partial charge in [0.1, 0.15) is 0 Å². The average molecular weight is 235 g/mol. The lowest BCUT2D eigenvalue weighted by molar-refractivity contribution is 0.0591. The van der Waals surface area contributed by atoms with Crippen molar-refractivity contribution in [2.45, 2.75) is 5.54 Å². The van der Waals surface area contributed by atoms with Crippen LogP contribution < -0.4 is 11.1 Å². The number of carboxylic acid groups (broad SMARTS) is 1. The van der Waals surface area contributed by atoms with Crippen molar-refractivity contribution in [1.29, 1.82) is 0 Å². The molecule has 0 bridgehead atoms. The Balaban J connectivity index is 2.43. The van der Waals surface area contributed by atoms with Crippen LogP contribution in [0, 0.1) is 0 Å². The summed E-state index contributed by atoms with van der Waals surface area (Å²) < 4.78 is 0. The normalized spacial score (nSPS) is 24.6. The van der Waals surface area contributed by atoms with Crippen molar-refractivity contribution < 1.29 is 9.90 Å². The van der Waals surface area contributed by atoms with Gasteiger partial charge in [-0.3, -0.25) is 4.90 Å². The Kier molecular flexibility index (Phi) is 3.31. The van der Waals surface area contributed by atoms with Crippen LogP contribution in [0.5, 0.6) is 0 Å². The molecule has 1 amide bonds. The van der Waals surface area contributed by atoms with Gasteiger partial charge in [-0.25, -0.2) is 4.79 Å². The maximum Gasteiger partial charge on any atom is 0.408 e. The van der Waals surface area contributed by atoms with Crippen LogP contribution in [0.25, 0.3) is 0 Å². The van der Waals surface area contributed by atoms with E-state index in [1.54, 1.807) is 0 Å². The molecule has 17 heavy (non-hydrogen) atoms. The van der Waals surface area contributed by atoms with Crippen LogP contribution in [-0.2, 0) is 5.54 Å². The summed E-state index contributed by atoms with van der Waals surface area (Å²) in [5.74, 6) is 0. The van der Waals surface area contributed by atoms with Gasteiger partial charge >= 0.3 is 6.09 Å². The van der Waals surface area contributed by atoms with Crippen molar-refractivity contribution in [1.82, 2.24) is 10.2 Å². The molecule has 1 aliphatic heterocycles. The zero-order valence-corrected chi connectivity index (χ0v) is 9.60. The van der Waals surface area contributed by atoms with E-state index in [2.05, 4.69) is 5.32 Å². The number of piperazine rings is 1. The average Bonchev–Trinajstić information content (AvgIpc) is 2.39. The van der Waals surface area contributed by atoms with Crippen LogP contribution in [0.4, 0.5) is 4.79 Å². The Bertz CT molecular complexity index is 396. The number of amides is 1. The molecule has 1 aromatic carbocycles. The summed E-state index contributed by atoms with van der Waals surface area (Å²) in [5.41, 5.74) is 6.15. The molecule has 1 aliphatic rings. The molecule has 1 unspecified atom stereocenters. The number of benzene rings is 1. The minimum atomic E-state index is -0.916. The van der Waals surface area contributed by atoms with Gasteiger partial charge in [-0.05, 0) is 5.56 Å². The number of hydrogen-bond acceptors (Lipinski definition) is 3. The van der Waals surface area contributed by atoms with E-state index >= 15 is 0 Å². The second kappa shape index (κ2) is 4.73. The van der Waals surface area contributed by atoms with Crippen LogP contribution in [0.3, 0.4) is 0 Å². The number of carbonyl (C=O) groups is 1. The number of nitrogens with one attached hydrogen (secondary N) is 1. The Labute approximate surface area is 100 Å². The Morgan fingerprint density at radius 3 is 2.76 bits per heavy atom. The quantitative estimate of drug-likeness (QED) is 0.694. The molecule has 1 fully saturated rings. The molecule has 2 rings (SSSR count). The summed E-state index contributed by atoms with van der Waals surface area (Å²) in [4.78, 5) is 12.8.